The fourth-order valence-corrected chi connectivity index (χ4v) is 1.15. The fraction of sp³-hybridized carbons (Fsp3) is 0.556. The molecule has 1 aromatic heterocycles. The summed E-state index contributed by atoms with van der Waals surface area (Å²) in [7, 11) is 0. The first-order chi connectivity index (χ1) is 6.25. The molecule has 2 N–H and O–H groups in total. The van der Waals surface area contributed by atoms with E-state index in [4.69, 9.17) is 0 Å². The third-order valence-corrected chi connectivity index (χ3v) is 2.17. The number of nitrogens with one attached hydrogen (secondary N) is 2. The van der Waals surface area contributed by atoms with Crippen molar-refractivity contribution in [1.82, 2.24) is 20.5 Å². The minimum Gasteiger partial charge on any atom is -0.382 e. The highest BCUT2D eigenvalue weighted by Crippen LogP contribution is 2.28. The van der Waals surface area contributed by atoms with Crippen molar-refractivity contribution in [3.05, 3.63) is 18.2 Å². The van der Waals surface area contributed by atoms with Gasteiger partial charge in [0.2, 0.25) is 0 Å². The molecule has 0 aliphatic heterocycles. The number of hydrogen-bond acceptors (Lipinski definition) is 3. The first-order valence-corrected chi connectivity index (χ1v) is 4.58. The van der Waals surface area contributed by atoms with Gasteiger partial charge in [-0.3, -0.25) is 5.10 Å². The van der Waals surface area contributed by atoms with Gasteiger partial charge in [0.15, 0.2) is 5.82 Å². The summed E-state index contributed by atoms with van der Waals surface area (Å²) in [5.41, 5.74) is 0.816. The van der Waals surface area contributed by atoms with Gasteiger partial charge in [0.1, 0.15) is 5.82 Å². The predicted molar refractivity (Wildman–Crippen MR) is 50.9 cm³/mol. The van der Waals surface area contributed by atoms with Crippen LogP contribution in [0.3, 0.4) is 0 Å². The van der Waals surface area contributed by atoms with Crippen molar-refractivity contribution < 1.29 is 0 Å². The van der Waals surface area contributed by atoms with Crippen LogP contribution in [0.4, 0.5) is 0 Å². The fourth-order valence-electron chi connectivity index (χ4n) is 1.15. The lowest BCUT2D eigenvalue weighted by atomic mass is 10.4. The topological polar surface area (TPSA) is 53.6 Å². The van der Waals surface area contributed by atoms with Gasteiger partial charge in [-0.15, -0.1) is 0 Å². The molecule has 0 bridgehead atoms. The van der Waals surface area contributed by atoms with Crippen LogP contribution in [0.1, 0.15) is 24.5 Å². The molecule has 1 aliphatic carbocycles. The van der Waals surface area contributed by atoms with Crippen LogP contribution < -0.4 is 5.32 Å². The Balaban J connectivity index is 1.88. The van der Waals surface area contributed by atoms with Crippen LogP contribution in [0.2, 0.25) is 0 Å². The molecule has 0 spiro atoms. The van der Waals surface area contributed by atoms with Crippen molar-refractivity contribution in [1.29, 1.82) is 0 Å². The molecule has 2 rings (SSSR count). The smallest absolute Gasteiger partial charge is 0.196 e. The van der Waals surface area contributed by atoms with Gasteiger partial charge in [0.25, 0.3) is 0 Å². The normalized spacial score (nSPS) is 15.8. The highest BCUT2D eigenvalue weighted by Gasteiger charge is 2.21. The maximum atomic E-state index is 4.18. The van der Waals surface area contributed by atoms with E-state index < -0.39 is 0 Å². The molecule has 0 aromatic carbocycles. The minimum atomic E-state index is 0.679. The molecule has 70 valence electrons. The molecule has 1 saturated carbocycles. The first kappa shape index (κ1) is 8.29. The van der Waals surface area contributed by atoms with E-state index in [1.54, 1.807) is 0 Å². The predicted octanol–water partition coefficient (Wildman–Crippen LogP) is 1.08. The summed E-state index contributed by atoms with van der Waals surface area (Å²) in [5, 5.41) is 10.0. The largest absolute Gasteiger partial charge is 0.382 e. The minimum absolute atomic E-state index is 0.679. The maximum absolute atomic E-state index is 4.18. The number of nitrogens with zero attached hydrogens (tertiary/aromatic N) is 2. The van der Waals surface area contributed by atoms with Gasteiger partial charge in [0.05, 0.1) is 5.70 Å². The molecule has 1 aromatic rings. The Hall–Kier alpha value is -1.32. The summed E-state index contributed by atoms with van der Waals surface area (Å²) in [6.07, 6.45) is 2.68. The summed E-state index contributed by atoms with van der Waals surface area (Å²) in [6, 6.07) is 0. The van der Waals surface area contributed by atoms with E-state index in [2.05, 4.69) is 27.1 Å². The van der Waals surface area contributed by atoms with Crippen LogP contribution in [-0.2, 0) is 0 Å². The van der Waals surface area contributed by atoms with Crippen LogP contribution in [0.5, 0.6) is 0 Å². The summed E-state index contributed by atoms with van der Waals surface area (Å²) >= 11 is 0. The van der Waals surface area contributed by atoms with E-state index in [-0.39, 0.29) is 0 Å². The monoisotopic (exact) mass is 178 g/mol. The Labute approximate surface area is 77.5 Å². The van der Waals surface area contributed by atoms with Crippen molar-refractivity contribution in [3.8, 4) is 0 Å². The molecule has 0 radical (unpaired) electrons. The molecule has 0 unspecified atom stereocenters. The van der Waals surface area contributed by atoms with Crippen molar-refractivity contribution in [2.45, 2.75) is 19.8 Å². The van der Waals surface area contributed by atoms with Gasteiger partial charge < -0.3 is 5.32 Å². The second-order valence-electron chi connectivity index (χ2n) is 3.55. The van der Waals surface area contributed by atoms with Crippen LogP contribution in [0.15, 0.2) is 6.58 Å². The van der Waals surface area contributed by atoms with Crippen molar-refractivity contribution in [2.24, 2.45) is 5.92 Å². The zero-order chi connectivity index (χ0) is 9.26. The zero-order valence-electron chi connectivity index (χ0n) is 7.80. The summed E-state index contributed by atoms with van der Waals surface area (Å²) < 4.78 is 0. The highest BCUT2D eigenvalue weighted by atomic mass is 15.2. The van der Waals surface area contributed by atoms with Crippen molar-refractivity contribution >= 4 is 5.70 Å². The zero-order valence-corrected chi connectivity index (χ0v) is 7.80. The van der Waals surface area contributed by atoms with Crippen LogP contribution >= 0.6 is 0 Å². The first-order valence-electron chi connectivity index (χ1n) is 4.58. The van der Waals surface area contributed by atoms with Crippen LogP contribution in [0.25, 0.3) is 5.70 Å². The quantitative estimate of drug-likeness (QED) is 0.725. The molecule has 4 heteroatoms. The summed E-state index contributed by atoms with van der Waals surface area (Å²) in [5.74, 6) is 2.35. The van der Waals surface area contributed by atoms with Crippen LogP contribution in [0, 0.1) is 12.8 Å². The summed E-state index contributed by atoms with van der Waals surface area (Å²) in [6.45, 7) is 6.77. The number of aromatic amines is 1. The number of H-pyrrole nitrogens is 1. The maximum Gasteiger partial charge on any atom is 0.196 e. The molecule has 4 nitrogen and oxygen atoms in total. The second kappa shape index (κ2) is 3.20. The SMILES string of the molecule is C=C(NCC1CC1)c1n[nH]c(C)n1. The summed E-state index contributed by atoms with van der Waals surface area (Å²) in [4.78, 5) is 4.18. The van der Waals surface area contributed by atoms with E-state index in [1.165, 1.54) is 12.8 Å². The van der Waals surface area contributed by atoms with Gasteiger partial charge in [-0.2, -0.15) is 5.10 Å². The lowest BCUT2D eigenvalue weighted by Crippen LogP contribution is -2.15. The van der Waals surface area contributed by atoms with E-state index in [0.29, 0.717) is 5.82 Å². The van der Waals surface area contributed by atoms with Gasteiger partial charge in [-0.05, 0) is 25.7 Å². The standard InChI is InChI=1S/C9H14N4/c1-6(10-5-8-3-4-8)9-11-7(2)12-13-9/h8,10H,1,3-5H2,2H3,(H,11,12,13). The molecule has 1 heterocycles. The van der Waals surface area contributed by atoms with Crippen LogP contribution in [-0.4, -0.2) is 21.7 Å². The lowest BCUT2D eigenvalue weighted by Gasteiger charge is -2.03. The molecular formula is C9H14N4. The Morgan fingerprint density at radius 1 is 1.69 bits per heavy atom. The molecule has 0 saturated heterocycles. The number of aromatic nitrogens is 3. The Morgan fingerprint density at radius 2 is 2.46 bits per heavy atom. The third kappa shape index (κ3) is 2.08. The van der Waals surface area contributed by atoms with Crippen molar-refractivity contribution in [3.63, 3.8) is 0 Å². The Morgan fingerprint density at radius 3 is 3.00 bits per heavy atom. The Bertz CT molecular complexity index is 311. The second-order valence-corrected chi connectivity index (χ2v) is 3.55. The Kier molecular flexibility index (Phi) is 2.04. The number of aryl methyl sites for hydroxylation is 1. The number of hydrogen-bond donors (Lipinski definition) is 2. The molecule has 0 amide bonds. The van der Waals surface area contributed by atoms with E-state index in [0.717, 1.165) is 24.0 Å². The molecule has 13 heavy (non-hydrogen) atoms. The lowest BCUT2D eigenvalue weighted by molar-refractivity contribution is 0.755. The van der Waals surface area contributed by atoms with Crippen molar-refractivity contribution in [2.75, 3.05) is 6.54 Å². The molecule has 0 atom stereocenters. The van der Waals surface area contributed by atoms with E-state index in [9.17, 15) is 0 Å². The molecule has 1 fully saturated rings. The third-order valence-electron chi connectivity index (χ3n) is 2.17. The highest BCUT2D eigenvalue weighted by molar-refractivity contribution is 5.54. The average molecular weight is 178 g/mol. The number of rotatable bonds is 4. The van der Waals surface area contributed by atoms with Gasteiger partial charge in [0, 0.05) is 6.54 Å². The van der Waals surface area contributed by atoms with Gasteiger partial charge in [-0.1, -0.05) is 6.58 Å². The van der Waals surface area contributed by atoms with E-state index >= 15 is 0 Å². The van der Waals surface area contributed by atoms with Gasteiger partial charge in [-0.25, -0.2) is 4.98 Å². The van der Waals surface area contributed by atoms with E-state index in [1.807, 2.05) is 6.92 Å². The average Bonchev–Trinajstić information content (AvgIpc) is 2.84. The molecule has 1 aliphatic rings. The van der Waals surface area contributed by atoms with Gasteiger partial charge >= 0.3 is 0 Å². The molecular weight excluding hydrogens is 164 g/mol.